The van der Waals surface area contributed by atoms with Gasteiger partial charge in [0.1, 0.15) is 11.3 Å². The first kappa shape index (κ1) is 19.8. The van der Waals surface area contributed by atoms with E-state index in [4.69, 9.17) is 11.6 Å². The number of halogens is 3. The number of hydrogen-bond donors (Lipinski definition) is 1. The molecular formula is C21H11ClF2N6O2. The van der Waals surface area contributed by atoms with E-state index in [1.165, 1.54) is 30.5 Å². The SMILES string of the molecule is O=[N+]([O-])c1ccc(-c2nc(Nn3ncc4cc(F)cc(F)c43)c3ccccc3n2)c(Cl)c1. The second-order valence-corrected chi connectivity index (χ2v) is 7.24. The van der Waals surface area contributed by atoms with Crippen molar-refractivity contribution in [1.29, 1.82) is 0 Å². The predicted molar refractivity (Wildman–Crippen MR) is 115 cm³/mol. The molecule has 0 saturated carbocycles. The van der Waals surface area contributed by atoms with Crippen molar-refractivity contribution in [2.45, 2.75) is 0 Å². The second kappa shape index (κ2) is 7.50. The highest BCUT2D eigenvalue weighted by Crippen LogP contribution is 2.32. The lowest BCUT2D eigenvalue weighted by atomic mass is 10.1. The molecule has 0 spiro atoms. The van der Waals surface area contributed by atoms with E-state index < -0.39 is 16.6 Å². The number of nitrogens with one attached hydrogen (secondary N) is 1. The summed E-state index contributed by atoms with van der Waals surface area (Å²) in [6.07, 6.45) is 1.33. The molecule has 0 radical (unpaired) electrons. The molecule has 158 valence electrons. The highest BCUT2D eigenvalue weighted by Gasteiger charge is 2.17. The average molecular weight is 453 g/mol. The van der Waals surface area contributed by atoms with Crippen LogP contribution in [0.2, 0.25) is 5.02 Å². The number of rotatable bonds is 4. The van der Waals surface area contributed by atoms with Gasteiger partial charge >= 0.3 is 0 Å². The Bertz CT molecular complexity index is 1540. The van der Waals surface area contributed by atoms with Crippen LogP contribution in [-0.2, 0) is 0 Å². The Hall–Kier alpha value is -4.18. The number of nitro groups is 1. The van der Waals surface area contributed by atoms with Crippen molar-refractivity contribution in [3.63, 3.8) is 0 Å². The number of para-hydroxylation sites is 1. The molecule has 0 bridgehead atoms. The Labute approximate surface area is 183 Å². The van der Waals surface area contributed by atoms with E-state index in [2.05, 4.69) is 20.5 Å². The fraction of sp³-hybridized carbons (Fsp3) is 0. The molecule has 0 amide bonds. The van der Waals surface area contributed by atoms with E-state index in [1.807, 2.05) is 0 Å². The van der Waals surface area contributed by atoms with Gasteiger partial charge in [0.05, 0.1) is 21.7 Å². The summed E-state index contributed by atoms with van der Waals surface area (Å²) in [6, 6.07) is 13.0. The van der Waals surface area contributed by atoms with Crippen molar-refractivity contribution in [3.05, 3.63) is 87.6 Å². The van der Waals surface area contributed by atoms with Crippen LogP contribution in [0.1, 0.15) is 0 Å². The largest absolute Gasteiger partial charge is 0.270 e. The number of hydrogen-bond acceptors (Lipinski definition) is 6. The van der Waals surface area contributed by atoms with E-state index in [1.54, 1.807) is 24.3 Å². The third-order valence-electron chi connectivity index (χ3n) is 4.80. The van der Waals surface area contributed by atoms with Crippen molar-refractivity contribution in [3.8, 4) is 11.4 Å². The summed E-state index contributed by atoms with van der Waals surface area (Å²) in [6.45, 7) is 0. The van der Waals surface area contributed by atoms with Crippen molar-refractivity contribution >= 4 is 44.9 Å². The van der Waals surface area contributed by atoms with Gasteiger partial charge in [-0.15, -0.1) is 0 Å². The van der Waals surface area contributed by atoms with Crippen LogP contribution >= 0.6 is 11.6 Å². The van der Waals surface area contributed by atoms with E-state index in [-0.39, 0.29) is 33.3 Å². The maximum atomic E-state index is 14.4. The molecule has 0 saturated heterocycles. The van der Waals surface area contributed by atoms with Gasteiger partial charge in [-0.3, -0.25) is 15.5 Å². The standard InChI is InChI=1S/C21H11ClF2N6O2/c22-16-9-13(30(31)32)5-6-14(16)20-26-18-4-2-1-3-15(18)21(27-20)28-29-19-11(10-25-29)7-12(23)8-17(19)24/h1-10H,(H,26,27,28). The molecule has 5 rings (SSSR count). The molecule has 11 heteroatoms. The molecular weight excluding hydrogens is 442 g/mol. The molecule has 0 aliphatic heterocycles. The summed E-state index contributed by atoms with van der Waals surface area (Å²) in [7, 11) is 0. The number of nitrogens with zero attached hydrogens (tertiary/aromatic N) is 5. The first-order valence-electron chi connectivity index (χ1n) is 9.21. The normalized spacial score (nSPS) is 11.2. The average Bonchev–Trinajstić information content (AvgIpc) is 3.16. The molecule has 0 aliphatic rings. The molecule has 0 atom stereocenters. The molecule has 32 heavy (non-hydrogen) atoms. The van der Waals surface area contributed by atoms with Gasteiger partial charge in [-0.2, -0.15) is 9.89 Å². The lowest BCUT2D eigenvalue weighted by Crippen LogP contribution is -2.13. The van der Waals surface area contributed by atoms with Gasteiger partial charge in [-0.05, 0) is 24.3 Å². The van der Waals surface area contributed by atoms with E-state index >= 15 is 0 Å². The molecule has 8 nitrogen and oxygen atoms in total. The highest BCUT2D eigenvalue weighted by atomic mass is 35.5. The molecule has 0 fully saturated rings. The van der Waals surface area contributed by atoms with Gasteiger partial charge in [0.15, 0.2) is 17.5 Å². The minimum Gasteiger partial charge on any atom is -0.260 e. The van der Waals surface area contributed by atoms with Gasteiger partial charge in [0.2, 0.25) is 0 Å². The topological polar surface area (TPSA) is 98.8 Å². The molecule has 2 heterocycles. The fourth-order valence-corrected chi connectivity index (χ4v) is 3.61. The van der Waals surface area contributed by atoms with Crippen molar-refractivity contribution in [2.75, 3.05) is 5.43 Å². The van der Waals surface area contributed by atoms with Gasteiger partial charge in [0.25, 0.3) is 5.69 Å². The third-order valence-corrected chi connectivity index (χ3v) is 5.11. The third kappa shape index (κ3) is 3.36. The summed E-state index contributed by atoms with van der Waals surface area (Å²) in [5.41, 5.74) is 3.74. The van der Waals surface area contributed by atoms with Crippen LogP contribution in [0, 0.1) is 21.7 Å². The van der Waals surface area contributed by atoms with Gasteiger partial charge in [-0.1, -0.05) is 23.7 Å². The minimum absolute atomic E-state index is 0.0454. The quantitative estimate of drug-likeness (QED) is 0.291. The lowest BCUT2D eigenvalue weighted by Gasteiger charge is -2.12. The first-order valence-corrected chi connectivity index (χ1v) is 9.59. The summed E-state index contributed by atoms with van der Waals surface area (Å²) in [5.74, 6) is -1.01. The number of non-ortho nitro benzene ring substituents is 1. The minimum atomic E-state index is -0.790. The lowest BCUT2D eigenvalue weighted by molar-refractivity contribution is -0.384. The zero-order valence-corrected chi connectivity index (χ0v) is 16.7. The van der Waals surface area contributed by atoms with Gasteiger partial charge < -0.3 is 0 Å². The van der Waals surface area contributed by atoms with E-state index in [9.17, 15) is 18.9 Å². The molecule has 0 unspecified atom stereocenters. The Morgan fingerprint density at radius 1 is 1.06 bits per heavy atom. The zero-order valence-electron chi connectivity index (χ0n) is 16.0. The predicted octanol–water partition coefficient (Wildman–Crippen LogP) is 5.36. The first-order chi connectivity index (χ1) is 15.4. The monoisotopic (exact) mass is 452 g/mol. The van der Waals surface area contributed by atoms with Crippen LogP contribution in [0.3, 0.4) is 0 Å². The number of nitro benzene ring substituents is 1. The van der Waals surface area contributed by atoms with Crippen LogP contribution in [0.15, 0.2) is 60.8 Å². The molecule has 1 N–H and O–H groups in total. The molecule has 0 aliphatic carbocycles. The maximum Gasteiger partial charge on any atom is 0.270 e. The number of fused-ring (bicyclic) bond motifs is 2. The van der Waals surface area contributed by atoms with Crippen molar-refractivity contribution in [2.24, 2.45) is 0 Å². The molecule has 3 aromatic carbocycles. The summed E-state index contributed by atoms with van der Waals surface area (Å²) in [5, 5.41) is 16.1. The number of benzene rings is 3. The number of anilines is 1. The Balaban J connectivity index is 1.67. The van der Waals surface area contributed by atoms with E-state index in [0.29, 0.717) is 16.5 Å². The highest BCUT2D eigenvalue weighted by molar-refractivity contribution is 6.33. The second-order valence-electron chi connectivity index (χ2n) is 6.83. The van der Waals surface area contributed by atoms with Crippen LogP contribution in [-0.4, -0.2) is 24.8 Å². The molecule has 5 aromatic rings. The maximum absolute atomic E-state index is 14.4. The number of aromatic nitrogens is 4. The molecule has 2 aromatic heterocycles. The van der Waals surface area contributed by atoms with Crippen LogP contribution in [0.5, 0.6) is 0 Å². The smallest absolute Gasteiger partial charge is 0.260 e. The van der Waals surface area contributed by atoms with Gasteiger partial charge in [0, 0.05) is 34.5 Å². The zero-order chi connectivity index (χ0) is 22.4. The summed E-state index contributed by atoms with van der Waals surface area (Å²) >= 11 is 6.26. The fourth-order valence-electron chi connectivity index (χ4n) is 3.35. The van der Waals surface area contributed by atoms with Crippen LogP contribution in [0.25, 0.3) is 33.2 Å². The van der Waals surface area contributed by atoms with Crippen LogP contribution in [0.4, 0.5) is 20.3 Å². The van der Waals surface area contributed by atoms with Crippen molar-refractivity contribution < 1.29 is 13.7 Å². The van der Waals surface area contributed by atoms with E-state index in [0.717, 1.165) is 10.9 Å². The van der Waals surface area contributed by atoms with Crippen molar-refractivity contribution in [1.82, 2.24) is 19.9 Å². The summed E-state index contributed by atoms with van der Waals surface area (Å²) in [4.78, 5) is 20.6. The Morgan fingerprint density at radius 3 is 2.66 bits per heavy atom. The Kier molecular flexibility index (Phi) is 4.63. The van der Waals surface area contributed by atoms with Crippen LogP contribution < -0.4 is 5.43 Å². The summed E-state index contributed by atoms with van der Waals surface area (Å²) < 4.78 is 27.9. The Morgan fingerprint density at radius 2 is 1.88 bits per heavy atom. The van der Waals surface area contributed by atoms with Gasteiger partial charge in [-0.25, -0.2) is 18.7 Å².